The van der Waals surface area contributed by atoms with E-state index in [1.165, 1.54) is 25.8 Å². The molecule has 6 nitrogen and oxygen atoms in total. The van der Waals surface area contributed by atoms with Gasteiger partial charge < -0.3 is 20.2 Å². The lowest BCUT2D eigenvalue weighted by atomic mass is 9.97. The minimum atomic E-state index is -1.20. The van der Waals surface area contributed by atoms with Gasteiger partial charge in [0.05, 0.1) is 0 Å². The first kappa shape index (κ1) is 16.8. The molecule has 0 aliphatic carbocycles. The van der Waals surface area contributed by atoms with E-state index < -0.39 is 11.5 Å². The third-order valence-electron chi connectivity index (χ3n) is 4.36. The van der Waals surface area contributed by atoms with Crippen LogP contribution in [0.15, 0.2) is 0 Å². The molecule has 0 radical (unpaired) electrons. The molecular weight excluding hydrogens is 258 g/mol. The number of likely N-dealkylation sites (N-methyl/N-ethyl adjacent to an activating group) is 1. The minimum Gasteiger partial charge on any atom is -0.480 e. The maximum absolute atomic E-state index is 12.0. The van der Waals surface area contributed by atoms with Gasteiger partial charge in [0, 0.05) is 13.6 Å². The molecule has 116 valence electrons. The Labute approximate surface area is 121 Å². The zero-order valence-electron chi connectivity index (χ0n) is 13.0. The Hall–Kier alpha value is -1.30. The monoisotopic (exact) mass is 285 g/mol. The van der Waals surface area contributed by atoms with Crippen LogP contribution in [0.4, 0.5) is 4.79 Å². The molecule has 0 spiro atoms. The smallest absolute Gasteiger partial charge is 0.329 e. The summed E-state index contributed by atoms with van der Waals surface area (Å²) in [5.41, 5.74) is -1.20. The van der Waals surface area contributed by atoms with Crippen LogP contribution in [0.25, 0.3) is 0 Å². The van der Waals surface area contributed by atoms with Crippen LogP contribution in [0.1, 0.15) is 33.6 Å². The van der Waals surface area contributed by atoms with Crippen LogP contribution < -0.4 is 5.32 Å². The number of aliphatic carboxylic acids is 1. The van der Waals surface area contributed by atoms with Crippen molar-refractivity contribution in [2.24, 2.45) is 5.92 Å². The van der Waals surface area contributed by atoms with Crippen LogP contribution >= 0.6 is 0 Å². The number of piperidine rings is 1. The number of urea groups is 1. The molecule has 0 atom stereocenters. The normalized spacial score (nSPS) is 17.8. The predicted octanol–water partition coefficient (Wildman–Crippen LogP) is 1.22. The number of carbonyl (C=O) groups excluding carboxylic acids is 1. The topological polar surface area (TPSA) is 72.9 Å². The van der Waals surface area contributed by atoms with Gasteiger partial charge in [-0.2, -0.15) is 0 Å². The molecule has 0 aromatic heterocycles. The van der Waals surface area contributed by atoms with Crippen LogP contribution in [0.5, 0.6) is 0 Å². The molecule has 0 aromatic rings. The molecular formula is C14H27N3O3. The molecule has 1 heterocycles. The number of hydrogen-bond donors (Lipinski definition) is 2. The van der Waals surface area contributed by atoms with Crippen molar-refractivity contribution in [1.82, 2.24) is 15.1 Å². The van der Waals surface area contributed by atoms with E-state index in [0.29, 0.717) is 12.5 Å². The van der Waals surface area contributed by atoms with E-state index in [0.717, 1.165) is 32.5 Å². The molecule has 1 fully saturated rings. The lowest BCUT2D eigenvalue weighted by Gasteiger charge is -2.34. The van der Waals surface area contributed by atoms with Crippen molar-refractivity contribution in [3.8, 4) is 0 Å². The van der Waals surface area contributed by atoms with Gasteiger partial charge in [0.1, 0.15) is 5.54 Å². The Bertz CT molecular complexity index is 350. The summed E-state index contributed by atoms with van der Waals surface area (Å²) in [6.45, 7) is 9.06. The van der Waals surface area contributed by atoms with Crippen molar-refractivity contribution in [2.75, 3.05) is 33.2 Å². The number of nitrogens with one attached hydrogen (secondary N) is 1. The van der Waals surface area contributed by atoms with Gasteiger partial charge in [-0.15, -0.1) is 0 Å². The fraction of sp³-hybridized carbons (Fsp3) is 0.857. The van der Waals surface area contributed by atoms with E-state index in [1.54, 1.807) is 0 Å². The highest BCUT2D eigenvalue weighted by molar-refractivity contribution is 5.85. The summed E-state index contributed by atoms with van der Waals surface area (Å²) in [5, 5.41) is 12.0. The van der Waals surface area contributed by atoms with Crippen molar-refractivity contribution in [1.29, 1.82) is 0 Å². The Morgan fingerprint density at radius 3 is 2.35 bits per heavy atom. The van der Waals surface area contributed by atoms with Crippen LogP contribution in [-0.2, 0) is 4.79 Å². The Kier molecular flexibility index (Phi) is 5.80. The van der Waals surface area contributed by atoms with Crippen molar-refractivity contribution in [3.63, 3.8) is 0 Å². The summed E-state index contributed by atoms with van der Waals surface area (Å²) in [6, 6.07) is -0.324. The average molecular weight is 285 g/mol. The zero-order valence-corrected chi connectivity index (χ0v) is 13.0. The van der Waals surface area contributed by atoms with Crippen LogP contribution in [0.2, 0.25) is 0 Å². The predicted molar refractivity (Wildman–Crippen MR) is 77.7 cm³/mol. The number of nitrogens with zero attached hydrogens (tertiary/aromatic N) is 2. The second-order valence-corrected chi connectivity index (χ2v) is 5.99. The van der Waals surface area contributed by atoms with Gasteiger partial charge in [0.25, 0.3) is 0 Å². The standard InChI is InChI=1S/C14H27N3O3/c1-5-17-8-6-11(7-9-17)10-15-13(20)16(4)14(2,3)12(18)19/h11H,5-10H2,1-4H3,(H,15,20)(H,18,19). The van der Waals surface area contributed by atoms with E-state index in [1.807, 2.05) is 0 Å². The summed E-state index contributed by atoms with van der Waals surface area (Å²) in [6.07, 6.45) is 2.17. The van der Waals surface area contributed by atoms with Crippen LogP contribution in [-0.4, -0.2) is 65.7 Å². The second-order valence-electron chi connectivity index (χ2n) is 5.99. The second kappa shape index (κ2) is 6.92. The average Bonchev–Trinajstić information content (AvgIpc) is 2.44. The van der Waals surface area contributed by atoms with Gasteiger partial charge in [-0.3, -0.25) is 0 Å². The number of likely N-dealkylation sites (tertiary alicyclic amines) is 1. The van der Waals surface area contributed by atoms with Crippen molar-refractivity contribution in [2.45, 2.75) is 39.2 Å². The van der Waals surface area contributed by atoms with Gasteiger partial charge in [-0.05, 0) is 52.2 Å². The Morgan fingerprint density at radius 2 is 1.90 bits per heavy atom. The van der Waals surface area contributed by atoms with E-state index in [9.17, 15) is 9.59 Å². The lowest BCUT2D eigenvalue weighted by Crippen LogP contribution is -2.54. The molecule has 6 heteroatoms. The highest BCUT2D eigenvalue weighted by Crippen LogP contribution is 2.17. The molecule has 1 saturated heterocycles. The molecule has 1 rings (SSSR count). The lowest BCUT2D eigenvalue weighted by molar-refractivity contribution is -0.146. The van der Waals surface area contributed by atoms with Crippen LogP contribution in [0.3, 0.4) is 0 Å². The van der Waals surface area contributed by atoms with Crippen molar-refractivity contribution >= 4 is 12.0 Å². The fourth-order valence-electron chi connectivity index (χ4n) is 2.25. The molecule has 1 aliphatic heterocycles. The number of amides is 2. The van der Waals surface area contributed by atoms with E-state index in [4.69, 9.17) is 5.11 Å². The number of carboxylic acids is 1. The first-order chi connectivity index (χ1) is 9.28. The third-order valence-corrected chi connectivity index (χ3v) is 4.36. The number of carboxylic acid groups (broad SMARTS) is 1. The molecule has 0 aromatic carbocycles. The highest BCUT2D eigenvalue weighted by Gasteiger charge is 2.35. The first-order valence-electron chi connectivity index (χ1n) is 7.26. The number of carbonyl (C=O) groups is 2. The maximum Gasteiger partial charge on any atom is 0.329 e. The van der Waals surface area contributed by atoms with Gasteiger partial charge in [-0.1, -0.05) is 6.92 Å². The Balaban J connectivity index is 2.39. The van der Waals surface area contributed by atoms with Gasteiger partial charge in [0.15, 0.2) is 0 Å². The van der Waals surface area contributed by atoms with Gasteiger partial charge >= 0.3 is 12.0 Å². The van der Waals surface area contributed by atoms with Gasteiger partial charge in [0.2, 0.25) is 0 Å². The molecule has 0 bridgehead atoms. The van der Waals surface area contributed by atoms with Crippen LogP contribution in [0, 0.1) is 5.92 Å². The summed E-state index contributed by atoms with van der Waals surface area (Å²) < 4.78 is 0. The largest absolute Gasteiger partial charge is 0.480 e. The molecule has 0 unspecified atom stereocenters. The summed E-state index contributed by atoms with van der Waals surface area (Å²) in [5.74, 6) is -0.519. The SMILES string of the molecule is CCN1CCC(CNC(=O)N(C)C(C)(C)C(=O)O)CC1. The fourth-order valence-corrected chi connectivity index (χ4v) is 2.25. The van der Waals surface area contributed by atoms with E-state index in [2.05, 4.69) is 17.1 Å². The molecule has 20 heavy (non-hydrogen) atoms. The summed E-state index contributed by atoms with van der Waals surface area (Å²) in [7, 11) is 1.52. The molecule has 0 saturated carbocycles. The van der Waals surface area contributed by atoms with Crippen molar-refractivity contribution in [3.05, 3.63) is 0 Å². The molecule has 2 amide bonds. The number of rotatable bonds is 5. The quantitative estimate of drug-likeness (QED) is 0.796. The maximum atomic E-state index is 12.0. The summed E-state index contributed by atoms with van der Waals surface area (Å²) >= 11 is 0. The number of hydrogen-bond acceptors (Lipinski definition) is 3. The Morgan fingerprint density at radius 1 is 1.35 bits per heavy atom. The third kappa shape index (κ3) is 4.10. The highest BCUT2D eigenvalue weighted by atomic mass is 16.4. The van der Waals surface area contributed by atoms with E-state index >= 15 is 0 Å². The zero-order chi connectivity index (χ0) is 15.3. The van der Waals surface area contributed by atoms with Gasteiger partial charge in [-0.25, -0.2) is 9.59 Å². The molecule has 2 N–H and O–H groups in total. The van der Waals surface area contributed by atoms with E-state index in [-0.39, 0.29) is 6.03 Å². The minimum absolute atomic E-state index is 0.324. The first-order valence-corrected chi connectivity index (χ1v) is 7.26. The molecule has 1 aliphatic rings. The van der Waals surface area contributed by atoms with Crippen molar-refractivity contribution < 1.29 is 14.7 Å². The summed E-state index contributed by atoms with van der Waals surface area (Å²) in [4.78, 5) is 26.8.